The molecule has 4 atom stereocenters. The summed E-state index contributed by atoms with van der Waals surface area (Å²) in [7, 11) is 0. The van der Waals surface area contributed by atoms with Gasteiger partial charge in [0.05, 0.1) is 11.3 Å². The van der Waals surface area contributed by atoms with Crippen LogP contribution in [0.2, 0.25) is 0 Å². The second-order valence-corrected chi connectivity index (χ2v) is 5.38. The van der Waals surface area contributed by atoms with E-state index in [0.29, 0.717) is 29.4 Å². The van der Waals surface area contributed by atoms with E-state index in [1.165, 1.54) is 19.3 Å². The van der Waals surface area contributed by atoms with Crippen LogP contribution in [-0.4, -0.2) is 22.7 Å². The smallest absolute Gasteiger partial charge is 0.103 e. The predicted octanol–water partition coefficient (Wildman–Crippen LogP) is 1.77. The monoisotopic (exact) mass is 243 g/mol. The number of aliphatic hydroxyl groups excluding tert-OH is 1. The first-order valence-corrected chi connectivity index (χ1v) is 6.55. The number of hydrogen-bond acceptors (Lipinski definition) is 4. The molecule has 1 aromatic heterocycles. The largest absolute Gasteiger partial charge is 0.396 e. The summed E-state index contributed by atoms with van der Waals surface area (Å²) in [6, 6.07) is 4.31. The summed E-state index contributed by atoms with van der Waals surface area (Å²) >= 11 is 0. The zero-order chi connectivity index (χ0) is 12.5. The quantitative estimate of drug-likeness (QED) is 0.849. The van der Waals surface area contributed by atoms with Crippen LogP contribution < -0.4 is 5.32 Å². The van der Waals surface area contributed by atoms with Crippen LogP contribution in [-0.2, 0) is 0 Å². The maximum absolute atomic E-state index is 9.55. The summed E-state index contributed by atoms with van der Waals surface area (Å²) in [5.74, 6) is 1.64. The molecule has 94 valence electrons. The number of nitrogens with one attached hydrogen (secondary N) is 1. The van der Waals surface area contributed by atoms with Crippen molar-refractivity contribution in [1.82, 2.24) is 4.98 Å². The minimum absolute atomic E-state index is 0.242. The first-order chi connectivity index (χ1) is 8.83. The molecular formula is C14H17N3O. The number of aromatic nitrogens is 1. The highest BCUT2D eigenvalue weighted by Gasteiger charge is 2.47. The average molecular weight is 243 g/mol. The van der Waals surface area contributed by atoms with E-state index < -0.39 is 0 Å². The van der Waals surface area contributed by atoms with Crippen molar-refractivity contribution >= 4 is 5.69 Å². The van der Waals surface area contributed by atoms with Crippen LogP contribution in [0.5, 0.6) is 0 Å². The van der Waals surface area contributed by atoms with Gasteiger partial charge in [0.2, 0.25) is 0 Å². The van der Waals surface area contributed by atoms with E-state index in [4.69, 9.17) is 5.26 Å². The van der Waals surface area contributed by atoms with Gasteiger partial charge in [-0.1, -0.05) is 0 Å². The molecule has 1 heterocycles. The highest BCUT2D eigenvalue weighted by atomic mass is 16.3. The van der Waals surface area contributed by atoms with Gasteiger partial charge in [-0.25, -0.2) is 0 Å². The topological polar surface area (TPSA) is 68.9 Å². The summed E-state index contributed by atoms with van der Waals surface area (Å²) < 4.78 is 0. The number of aliphatic hydroxyl groups is 1. The number of rotatable bonds is 3. The van der Waals surface area contributed by atoms with E-state index in [1.807, 2.05) is 6.07 Å². The van der Waals surface area contributed by atoms with Crippen molar-refractivity contribution in [2.24, 2.45) is 17.8 Å². The number of nitriles is 1. The molecule has 0 amide bonds. The van der Waals surface area contributed by atoms with Crippen LogP contribution in [0.4, 0.5) is 5.69 Å². The SMILES string of the molecule is N#Cc1cnccc1N[C@H]1[C@@H]2CC[C@@H](C2)[C@@H]1CO. The minimum atomic E-state index is 0.242. The lowest BCUT2D eigenvalue weighted by Crippen LogP contribution is -2.36. The van der Waals surface area contributed by atoms with Gasteiger partial charge in [0.1, 0.15) is 6.07 Å². The predicted molar refractivity (Wildman–Crippen MR) is 67.8 cm³/mol. The number of nitrogens with zero attached hydrogens (tertiary/aromatic N) is 2. The van der Waals surface area contributed by atoms with Crippen LogP contribution in [0.25, 0.3) is 0 Å². The Morgan fingerprint density at radius 3 is 3.06 bits per heavy atom. The molecule has 0 spiro atoms. The number of pyridine rings is 1. The fourth-order valence-electron chi connectivity index (χ4n) is 3.69. The molecule has 3 rings (SSSR count). The number of anilines is 1. The van der Waals surface area contributed by atoms with Gasteiger partial charge in [-0.15, -0.1) is 0 Å². The lowest BCUT2D eigenvalue weighted by atomic mass is 9.85. The summed E-state index contributed by atoms with van der Waals surface area (Å²) in [6.45, 7) is 0.242. The Morgan fingerprint density at radius 2 is 2.28 bits per heavy atom. The molecule has 2 bridgehead atoms. The Kier molecular flexibility index (Phi) is 2.92. The first-order valence-electron chi connectivity index (χ1n) is 6.55. The van der Waals surface area contributed by atoms with Crippen molar-refractivity contribution in [2.45, 2.75) is 25.3 Å². The maximum Gasteiger partial charge on any atom is 0.103 e. The zero-order valence-electron chi connectivity index (χ0n) is 10.2. The van der Waals surface area contributed by atoms with Crippen LogP contribution in [0.3, 0.4) is 0 Å². The Hall–Kier alpha value is -1.60. The third-order valence-corrected chi connectivity index (χ3v) is 4.56. The molecule has 0 radical (unpaired) electrons. The van der Waals surface area contributed by atoms with Crippen molar-refractivity contribution in [3.8, 4) is 6.07 Å². The molecule has 2 saturated carbocycles. The fourth-order valence-corrected chi connectivity index (χ4v) is 3.69. The molecule has 2 N–H and O–H groups in total. The van der Waals surface area contributed by atoms with Crippen LogP contribution in [0.15, 0.2) is 18.5 Å². The molecule has 0 saturated heterocycles. The van der Waals surface area contributed by atoms with Crippen molar-refractivity contribution in [3.63, 3.8) is 0 Å². The highest BCUT2D eigenvalue weighted by molar-refractivity contribution is 5.56. The summed E-state index contributed by atoms with van der Waals surface area (Å²) in [6.07, 6.45) is 6.99. The van der Waals surface area contributed by atoms with Gasteiger partial charge in [-0.05, 0) is 37.2 Å². The number of hydrogen-bond donors (Lipinski definition) is 2. The summed E-state index contributed by atoms with van der Waals surface area (Å²) in [4.78, 5) is 3.97. The third-order valence-electron chi connectivity index (χ3n) is 4.56. The molecule has 0 aromatic carbocycles. The lowest BCUT2D eigenvalue weighted by molar-refractivity contribution is 0.166. The van der Waals surface area contributed by atoms with Gasteiger partial charge in [0, 0.05) is 31.0 Å². The Bertz CT molecular complexity index is 482. The van der Waals surface area contributed by atoms with Crippen LogP contribution in [0, 0.1) is 29.1 Å². The molecule has 0 unspecified atom stereocenters. The fraction of sp³-hybridized carbons (Fsp3) is 0.571. The van der Waals surface area contributed by atoms with E-state index >= 15 is 0 Å². The first kappa shape index (κ1) is 11.5. The molecule has 4 nitrogen and oxygen atoms in total. The molecule has 1 aromatic rings. The molecule has 2 fully saturated rings. The normalized spacial score (nSPS) is 33.3. The zero-order valence-corrected chi connectivity index (χ0v) is 10.2. The van der Waals surface area contributed by atoms with E-state index in [1.54, 1.807) is 12.4 Å². The van der Waals surface area contributed by atoms with Gasteiger partial charge < -0.3 is 10.4 Å². The summed E-state index contributed by atoms with van der Waals surface area (Å²) in [5.41, 5.74) is 1.43. The second-order valence-electron chi connectivity index (χ2n) is 5.38. The van der Waals surface area contributed by atoms with Gasteiger partial charge in [0.15, 0.2) is 0 Å². The third kappa shape index (κ3) is 1.75. The van der Waals surface area contributed by atoms with Crippen molar-refractivity contribution in [2.75, 3.05) is 11.9 Å². The number of fused-ring (bicyclic) bond motifs is 2. The standard InChI is InChI=1S/C14H17N3O/c15-6-11-7-16-4-3-13(11)17-14-10-2-1-9(5-10)12(14)8-18/h3-4,7,9-10,12,14,18H,1-2,5,8H2,(H,16,17)/t9-,10+,12-,14-/m0/s1. The van der Waals surface area contributed by atoms with Gasteiger partial charge >= 0.3 is 0 Å². The molecule has 18 heavy (non-hydrogen) atoms. The Balaban J connectivity index is 1.82. The van der Waals surface area contributed by atoms with Gasteiger partial charge in [-0.2, -0.15) is 5.26 Å². The average Bonchev–Trinajstić information content (AvgIpc) is 3.00. The highest BCUT2D eigenvalue weighted by Crippen LogP contribution is 2.49. The lowest BCUT2D eigenvalue weighted by Gasteiger charge is -2.31. The van der Waals surface area contributed by atoms with E-state index in [0.717, 1.165) is 5.69 Å². The van der Waals surface area contributed by atoms with Crippen molar-refractivity contribution in [3.05, 3.63) is 24.0 Å². The maximum atomic E-state index is 9.55. The van der Waals surface area contributed by atoms with Crippen molar-refractivity contribution < 1.29 is 5.11 Å². The van der Waals surface area contributed by atoms with Crippen LogP contribution >= 0.6 is 0 Å². The molecular weight excluding hydrogens is 226 g/mol. The molecule has 4 heteroatoms. The Morgan fingerprint density at radius 1 is 1.44 bits per heavy atom. The van der Waals surface area contributed by atoms with E-state index in [-0.39, 0.29) is 6.61 Å². The molecule has 0 aliphatic heterocycles. The van der Waals surface area contributed by atoms with E-state index in [9.17, 15) is 5.11 Å². The van der Waals surface area contributed by atoms with E-state index in [2.05, 4.69) is 16.4 Å². The minimum Gasteiger partial charge on any atom is -0.396 e. The van der Waals surface area contributed by atoms with Gasteiger partial charge in [0.25, 0.3) is 0 Å². The Labute approximate surface area is 107 Å². The molecule has 2 aliphatic carbocycles. The van der Waals surface area contributed by atoms with Gasteiger partial charge in [-0.3, -0.25) is 4.98 Å². The second kappa shape index (κ2) is 4.58. The molecule has 2 aliphatic rings. The summed E-state index contributed by atoms with van der Waals surface area (Å²) in [5, 5.41) is 22.1. The van der Waals surface area contributed by atoms with Crippen molar-refractivity contribution in [1.29, 1.82) is 5.26 Å². The van der Waals surface area contributed by atoms with Crippen LogP contribution in [0.1, 0.15) is 24.8 Å².